The normalized spacial score (nSPS) is 17.2. The number of aromatic nitrogens is 2. The zero-order valence-corrected chi connectivity index (χ0v) is 12.1. The minimum absolute atomic E-state index is 0.713. The van der Waals surface area contributed by atoms with Gasteiger partial charge in [-0.25, -0.2) is 4.98 Å². The Balaban J connectivity index is 2.09. The molecular weight excluding hydrogens is 220 g/mol. The Hall–Kier alpha value is -0.790. The van der Waals surface area contributed by atoms with Crippen molar-refractivity contribution in [2.75, 3.05) is 0 Å². The van der Waals surface area contributed by atoms with Crippen LogP contribution in [0.3, 0.4) is 0 Å². The average Bonchev–Trinajstić information content (AvgIpc) is 2.81. The predicted octanol–water partition coefficient (Wildman–Crippen LogP) is 4.75. The molecule has 1 heterocycles. The third kappa shape index (κ3) is 3.37. The maximum absolute atomic E-state index is 4.93. The molecule has 2 rings (SSSR count). The minimum atomic E-state index is 0.713. The van der Waals surface area contributed by atoms with Gasteiger partial charge in [0, 0.05) is 11.6 Å². The zero-order chi connectivity index (χ0) is 12.8. The first-order chi connectivity index (χ1) is 8.85. The first kappa shape index (κ1) is 13.6. The maximum atomic E-state index is 4.93. The molecule has 0 aromatic carbocycles. The third-order valence-electron chi connectivity index (χ3n) is 4.14. The number of hydrogen-bond acceptors (Lipinski definition) is 1. The van der Waals surface area contributed by atoms with Crippen LogP contribution in [0.2, 0.25) is 0 Å². The number of nitrogens with zero attached hydrogens (tertiary/aromatic N) is 1. The van der Waals surface area contributed by atoms with E-state index in [-0.39, 0.29) is 0 Å². The minimum Gasteiger partial charge on any atom is -0.345 e. The molecule has 2 nitrogen and oxygen atoms in total. The van der Waals surface area contributed by atoms with Crippen LogP contribution in [0.5, 0.6) is 0 Å². The van der Waals surface area contributed by atoms with Gasteiger partial charge in [0.1, 0.15) is 5.82 Å². The second-order valence-corrected chi connectivity index (χ2v) is 5.74. The summed E-state index contributed by atoms with van der Waals surface area (Å²) < 4.78 is 0. The molecule has 0 radical (unpaired) electrons. The molecule has 1 aromatic heterocycles. The van der Waals surface area contributed by atoms with E-state index in [1.165, 1.54) is 75.0 Å². The van der Waals surface area contributed by atoms with Crippen molar-refractivity contribution in [3.05, 3.63) is 17.2 Å². The molecule has 0 unspecified atom stereocenters. The fourth-order valence-corrected chi connectivity index (χ4v) is 3.04. The lowest BCUT2D eigenvalue weighted by atomic mass is 9.89. The van der Waals surface area contributed by atoms with Crippen LogP contribution in [0, 0.1) is 0 Å². The van der Waals surface area contributed by atoms with Crippen molar-refractivity contribution < 1.29 is 0 Å². The van der Waals surface area contributed by atoms with Crippen molar-refractivity contribution in [3.63, 3.8) is 0 Å². The number of H-pyrrole nitrogens is 1. The molecule has 0 amide bonds. The quantitative estimate of drug-likeness (QED) is 0.773. The number of imidazole rings is 1. The Labute approximate surface area is 112 Å². The van der Waals surface area contributed by atoms with Crippen LogP contribution in [0.1, 0.15) is 88.3 Å². The van der Waals surface area contributed by atoms with Crippen molar-refractivity contribution in [1.29, 1.82) is 0 Å². The summed E-state index contributed by atoms with van der Waals surface area (Å²) in [5.74, 6) is 2.01. The van der Waals surface area contributed by atoms with Gasteiger partial charge in [0.25, 0.3) is 0 Å². The second-order valence-electron chi connectivity index (χ2n) is 5.74. The molecule has 1 fully saturated rings. The fourth-order valence-electron chi connectivity index (χ4n) is 3.04. The van der Waals surface area contributed by atoms with Gasteiger partial charge in [-0.15, -0.1) is 0 Å². The van der Waals surface area contributed by atoms with Gasteiger partial charge in [-0.05, 0) is 32.1 Å². The largest absolute Gasteiger partial charge is 0.345 e. The third-order valence-corrected chi connectivity index (χ3v) is 4.14. The number of aryl methyl sites for hydroxylation is 2. The Morgan fingerprint density at radius 3 is 2.50 bits per heavy atom. The Morgan fingerprint density at radius 1 is 1.06 bits per heavy atom. The molecule has 1 saturated carbocycles. The van der Waals surface area contributed by atoms with E-state index < -0.39 is 0 Å². The lowest BCUT2D eigenvalue weighted by Crippen LogP contribution is -2.06. The Bertz CT molecular complexity index is 348. The highest BCUT2D eigenvalue weighted by Crippen LogP contribution is 2.31. The summed E-state index contributed by atoms with van der Waals surface area (Å²) in [6.07, 6.45) is 12.9. The molecule has 0 atom stereocenters. The van der Waals surface area contributed by atoms with Crippen LogP contribution < -0.4 is 0 Å². The molecule has 0 saturated heterocycles. The number of hydrogen-bond donors (Lipinski definition) is 1. The molecule has 0 bridgehead atoms. The van der Waals surface area contributed by atoms with Crippen molar-refractivity contribution >= 4 is 0 Å². The summed E-state index contributed by atoms with van der Waals surface area (Å²) in [5, 5.41) is 0. The highest BCUT2D eigenvalue weighted by molar-refractivity contribution is 5.17. The molecule has 2 heteroatoms. The topological polar surface area (TPSA) is 28.7 Å². The van der Waals surface area contributed by atoms with Crippen molar-refractivity contribution in [1.82, 2.24) is 9.97 Å². The average molecular weight is 248 g/mol. The molecule has 1 aliphatic rings. The van der Waals surface area contributed by atoms with Gasteiger partial charge in [-0.3, -0.25) is 0 Å². The van der Waals surface area contributed by atoms with E-state index in [1.807, 2.05) is 0 Å². The highest BCUT2D eigenvalue weighted by Gasteiger charge is 2.20. The highest BCUT2D eigenvalue weighted by atomic mass is 14.9. The van der Waals surface area contributed by atoms with Crippen LogP contribution in [-0.4, -0.2) is 9.97 Å². The molecule has 1 aromatic rings. The van der Waals surface area contributed by atoms with Gasteiger partial charge in [-0.1, -0.05) is 46.0 Å². The van der Waals surface area contributed by atoms with Crippen molar-refractivity contribution in [3.8, 4) is 0 Å². The zero-order valence-electron chi connectivity index (χ0n) is 12.1. The molecular formula is C16H28N2. The van der Waals surface area contributed by atoms with Gasteiger partial charge >= 0.3 is 0 Å². The summed E-state index contributed by atoms with van der Waals surface area (Å²) in [6, 6.07) is 0. The molecule has 18 heavy (non-hydrogen) atoms. The Kier molecular flexibility index (Phi) is 5.27. The monoisotopic (exact) mass is 248 g/mol. The number of aromatic amines is 1. The molecule has 102 valence electrons. The number of nitrogens with one attached hydrogen (secondary N) is 1. The lowest BCUT2D eigenvalue weighted by Gasteiger charge is -2.19. The molecule has 1 N–H and O–H groups in total. The lowest BCUT2D eigenvalue weighted by molar-refractivity contribution is 0.430. The van der Waals surface area contributed by atoms with Crippen LogP contribution in [0.15, 0.2) is 0 Å². The van der Waals surface area contributed by atoms with Gasteiger partial charge in [-0.2, -0.15) is 0 Å². The van der Waals surface area contributed by atoms with E-state index in [2.05, 4.69) is 18.8 Å². The Morgan fingerprint density at radius 2 is 1.83 bits per heavy atom. The summed E-state index contributed by atoms with van der Waals surface area (Å²) in [6.45, 7) is 4.51. The first-order valence-corrected chi connectivity index (χ1v) is 7.92. The second kappa shape index (κ2) is 6.96. The van der Waals surface area contributed by atoms with Crippen LogP contribution in [0.4, 0.5) is 0 Å². The van der Waals surface area contributed by atoms with Crippen LogP contribution in [-0.2, 0) is 12.8 Å². The van der Waals surface area contributed by atoms with E-state index >= 15 is 0 Å². The van der Waals surface area contributed by atoms with E-state index in [0.29, 0.717) is 5.92 Å². The smallest absolute Gasteiger partial charge is 0.109 e. The summed E-state index contributed by atoms with van der Waals surface area (Å²) in [4.78, 5) is 8.58. The number of rotatable bonds is 6. The van der Waals surface area contributed by atoms with Gasteiger partial charge in [0.05, 0.1) is 5.69 Å². The van der Waals surface area contributed by atoms with Gasteiger partial charge < -0.3 is 4.98 Å². The van der Waals surface area contributed by atoms with Gasteiger partial charge in [0.2, 0.25) is 0 Å². The van der Waals surface area contributed by atoms with E-state index in [4.69, 9.17) is 4.98 Å². The standard InChI is InChI=1S/C16H28N2/c1-3-5-12-15-14(9-4-2)17-16(18-15)13-10-7-6-8-11-13/h13H,3-12H2,1-2H3,(H,17,18). The van der Waals surface area contributed by atoms with Crippen molar-refractivity contribution in [2.24, 2.45) is 0 Å². The summed E-state index contributed by atoms with van der Waals surface area (Å²) in [5.41, 5.74) is 2.78. The number of unbranched alkanes of at least 4 members (excludes halogenated alkanes) is 1. The molecule has 0 spiro atoms. The van der Waals surface area contributed by atoms with Crippen LogP contribution >= 0.6 is 0 Å². The van der Waals surface area contributed by atoms with E-state index in [0.717, 1.165) is 6.42 Å². The maximum Gasteiger partial charge on any atom is 0.109 e. The molecule has 0 aliphatic heterocycles. The fraction of sp³-hybridized carbons (Fsp3) is 0.812. The first-order valence-electron chi connectivity index (χ1n) is 7.92. The van der Waals surface area contributed by atoms with Gasteiger partial charge in [0.15, 0.2) is 0 Å². The SMILES string of the molecule is CCCCc1nc(C2CCCCC2)[nH]c1CCC. The predicted molar refractivity (Wildman–Crippen MR) is 77.0 cm³/mol. The summed E-state index contributed by atoms with van der Waals surface area (Å²) in [7, 11) is 0. The van der Waals surface area contributed by atoms with Crippen LogP contribution in [0.25, 0.3) is 0 Å². The van der Waals surface area contributed by atoms with Crippen molar-refractivity contribution in [2.45, 2.75) is 84.0 Å². The summed E-state index contributed by atoms with van der Waals surface area (Å²) >= 11 is 0. The van der Waals surface area contributed by atoms with E-state index in [9.17, 15) is 0 Å². The molecule has 1 aliphatic carbocycles. The van der Waals surface area contributed by atoms with E-state index in [1.54, 1.807) is 0 Å².